The van der Waals surface area contributed by atoms with Gasteiger partial charge in [0.2, 0.25) is 5.91 Å². The second-order valence-electron chi connectivity index (χ2n) is 11.1. The highest BCUT2D eigenvalue weighted by Gasteiger charge is 2.16. The first-order valence-electron chi connectivity index (χ1n) is 14.5. The number of aromatic amines is 2. The van der Waals surface area contributed by atoms with Crippen LogP contribution in [0.4, 0.5) is 10.1 Å². The highest BCUT2D eigenvalue weighted by atomic mass is 32.2. The largest absolute Gasteiger partial charge is 0.353 e. The Morgan fingerprint density at radius 3 is 2.61 bits per heavy atom. The van der Waals surface area contributed by atoms with Gasteiger partial charge in [-0.25, -0.2) is 12.8 Å². The Labute approximate surface area is 254 Å². The summed E-state index contributed by atoms with van der Waals surface area (Å²) >= 11 is 0. The number of sulfone groups is 1. The number of hydrogen-bond donors (Lipinski definition) is 3. The third-order valence-corrected chi connectivity index (χ3v) is 8.57. The van der Waals surface area contributed by atoms with Crippen molar-refractivity contribution in [3.8, 4) is 33.6 Å². The quantitative estimate of drug-likeness (QED) is 0.151. The van der Waals surface area contributed by atoms with Crippen LogP contribution in [0.5, 0.6) is 0 Å². The molecule has 0 radical (unpaired) electrons. The number of nitrogens with one attached hydrogen (secondary N) is 3. The summed E-state index contributed by atoms with van der Waals surface area (Å²) in [5.74, 6) is -0.486. The summed E-state index contributed by atoms with van der Waals surface area (Å²) in [5, 5.41) is 12.5. The molecule has 0 fully saturated rings. The highest BCUT2D eigenvalue weighted by Crippen LogP contribution is 2.36. The average molecular weight is 610 g/mol. The van der Waals surface area contributed by atoms with Crippen molar-refractivity contribution in [1.29, 1.82) is 0 Å². The summed E-state index contributed by atoms with van der Waals surface area (Å²) in [7, 11) is -3.18. The lowest BCUT2D eigenvalue weighted by atomic mass is 9.98. The maximum absolute atomic E-state index is 14.7. The van der Waals surface area contributed by atoms with Gasteiger partial charge < -0.3 is 10.3 Å². The number of nitrogens with zero attached hydrogens (tertiary/aromatic N) is 2. The van der Waals surface area contributed by atoms with Gasteiger partial charge in [-0.2, -0.15) is 5.10 Å². The van der Waals surface area contributed by atoms with E-state index in [0.717, 1.165) is 62.7 Å². The minimum Gasteiger partial charge on any atom is -0.353 e. The van der Waals surface area contributed by atoms with Crippen LogP contribution in [-0.4, -0.2) is 46.5 Å². The van der Waals surface area contributed by atoms with E-state index in [-0.39, 0.29) is 18.1 Å². The summed E-state index contributed by atoms with van der Waals surface area (Å²) in [6, 6.07) is 20.4. The number of carbonyl (C=O) groups excluding carboxylic acids is 1. The number of rotatable bonds is 10. The Hall–Kier alpha value is -4.83. The molecule has 3 aromatic heterocycles. The monoisotopic (exact) mass is 609 g/mol. The van der Waals surface area contributed by atoms with Crippen LogP contribution in [0.2, 0.25) is 0 Å². The summed E-state index contributed by atoms with van der Waals surface area (Å²) in [6.45, 7) is 2.05. The van der Waals surface area contributed by atoms with Crippen LogP contribution in [0.15, 0.2) is 79.1 Å². The number of aromatic nitrogens is 4. The van der Waals surface area contributed by atoms with Crippen LogP contribution in [0.3, 0.4) is 0 Å². The predicted molar refractivity (Wildman–Crippen MR) is 174 cm³/mol. The number of benzene rings is 3. The molecule has 0 aliphatic heterocycles. The number of unbranched alkanes of at least 4 members (excludes halogenated alkanes) is 1. The number of amides is 1. The second kappa shape index (κ2) is 12.0. The lowest BCUT2D eigenvalue weighted by molar-refractivity contribution is -0.116. The number of halogens is 1. The predicted octanol–water partition coefficient (Wildman–Crippen LogP) is 7.30. The summed E-state index contributed by atoms with van der Waals surface area (Å²) in [5.41, 5.74) is 7.82. The van der Waals surface area contributed by atoms with Crippen LogP contribution in [0.1, 0.15) is 31.7 Å². The van der Waals surface area contributed by atoms with Gasteiger partial charge >= 0.3 is 0 Å². The Morgan fingerprint density at radius 1 is 0.932 bits per heavy atom. The number of anilines is 1. The third-order valence-electron chi connectivity index (χ3n) is 7.62. The Balaban J connectivity index is 1.35. The molecular weight excluding hydrogens is 577 g/mol. The van der Waals surface area contributed by atoms with Crippen molar-refractivity contribution in [2.75, 3.05) is 17.3 Å². The van der Waals surface area contributed by atoms with E-state index in [1.807, 2.05) is 54.6 Å². The Bertz CT molecular complexity index is 2120. The maximum atomic E-state index is 14.7. The zero-order chi connectivity index (χ0) is 30.8. The molecular formula is C34H32FN5O3S. The van der Waals surface area contributed by atoms with Gasteiger partial charge in [-0.3, -0.25) is 14.9 Å². The Kier molecular flexibility index (Phi) is 8.01. The van der Waals surface area contributed by atoms with E-state index in [4.69, 9.17) is 0 Å². The SMILES string of the molecule is CCCCC(=O)Nc1cncc(-c2ccc3[nH]nc(-c4cc5c(-c6cc(F)cc(CCS(C)(=O)=O)c6)cccc5[nH]4)c3c2)c1. The molecule has 3 N–H and O–H groups in total. The number of carbonyl (C=O) groups is 1. The van der Waals surface area contributed by atoms with Crippen molar-refractivity contribution in [1.82, 2.24) is 20.2 Å². The topological polar surface area (TPSA) is 121 Å². The fourth-order valence-corrected chi connectivity index (χ4v) is 6.02. The van der Waals surface area contributed by atoms with Crippen molar-refractivity contribution in [3.63, 3.8) is 0 Å². The maximum Gasteiger partial charge on any atom is 0.224 e. The number of hydrogen-bond acceptors (Lipinski definition) is 5. The van der Waals surface area contributed by atoms with Gasteiger partial charge in [-0.15, -0.1) is 0 Å². The van der Waals surface area contributed by atoms with Gasteiger partial charge in [-0.1, -0.05) is 37.6 Å². The van der Waals surface area contributed by atoms with Gasteiger partial charge in [0, 0.05) is 40.7 Å². The second-order valence-corrected chi connectivity index (χ2v) is 13.4. The van der Waals surface area contributed by atoms with E-state index < -0.39 is 15.7 Å². The van der Waals surface area contributed by atoms with Crippen LogP contribution in [0.25, 0.3) is 55.4 Å². The van der Waals surface area contributed by atoms with Gasteiger partial charge in [0.25, 0.3) is 0 Å². The number of H-pyrrole nitrogens is 2. The molecule has 0 saturated heterocycles. The van der Waals surface area contributed by atoms with E-state index in [0.29, 0.717) is 23.2 Å². The fraction of sp³-hybridized carbons (Fsp3) is 0.206. The molecule has 0 aliphatic carbocycles. The molecule has 0 bridgehead atoms. The molecule has 10 heteroatoms. The van der Waals surface area contributed by atoms with Crippen LogP contribution < -0.4 is 5.32 Å². The van der Waals surface area contributed by atoms with Gasteiger partial charge in [0.1, 0.15) is 21.3 Å². The summed E-state index contributed by atoms with van der Waals surface area (Å²) in [6.07, 6.45) is 7.09. The standard InChI is InChI=1S/C34H32FN5O3S/c1-3-4-8-33(41)37-26-16-24(19-36-20-26)22-9-10-31-29(17-22)34(40-39-31)32-18-28-27(6-5-7-30(28)38-32)23-13-21(14-25(35)15-23)11-12-44(2,42)43/h5-7,9-10,13-20,38H,3-4,8,11-12H2,1-2H3,(H,37,41)(H,39,40). The number of pyridine rings is 1. The normalized spacial score (nSPS) is 11.8. The number of aryl methyl sites for hydroxylation is 1. The molecule has 6 rings (SSSR count). The van der Waals surface area contributed by atoms with Crippen molar-refractivity contribution in [3.05, 3.63) is 90.5 Å². The molecule has 8 nitrogen and oxygen atoms in total. The average Bonchev–Trinajstić information content (AvgIpc) is 3.62. The van der Waals surface area contributed by atoms with Gasteiger partial charge in [0.15, 0.2) is 0 Å². The van der Waals surface area contributed by atoms with Crippen molar-refractivity contribution in [2.45, 2.75) is 32.6 Å². The van der Waals surface area contributed by atoms with E-state index in [1.54, 1.807) is 12.4 Å². The summed E-state index contributed by atoms with van der Waals surface area (Å²) < 4.78 is 38.0. The lowest BCUT2D eigenvalue weighted by Gasteiger charge is -2.08. The molecule has 0 aliphatic rings. The molecule has 3 aromatic carbocycles. The Morgan fingerprint density at radius 2 is 1.80 bits per heavy atom. The first-order valence-corrected chi connectivity index (χ1v) is 16.6. The zero-order valence-electron chi connectivity index (χ0n) is 24.4. The number of fused-ring (bicyclic) bond motifs is 2. The smallest absolute Gasteiger partial charge is 0.224 e. The first-order chi connectivity index (χ1) is 21.2. The molecule has 0 saturated carbocycles. The zero-order valence-corrected chi connectivity index (χ0v) is 25.3. The first kappa shape index (κ1) is 29.3. The molecule has 6 aromatic rings. The molecule has 44 heavy (non-hydrogen) atoms. The van der Waals surface area contributed by atoms with Crippen LogP contribution in [-0.2, 0) is 21.1 Å². The molecule has 1 amide bonds. The summed E-state index contributed by atoms with van der Waals surface area (Å²) in [4.78, 5) is 20.1. The van der Waals surface area contributed by atoms with E-state index in [9.17, 15) is 17.6 Å². The van der Waals surface area contributed by atoms with Gasteiger partial charge in [0.05, 0.1) is 28.8 Å². The van der Waals surface area contributed by atoms with E-state index in [2.05, 4.69) is 32.4 Å². The molecule has 0 unspecified atom stereocenters. The molecule has 0 atom stereocenters. The van der Waals surface area contributed by atoms with E-state index in [1.165, 1.54) is 18.4 Å². The van der Waals surface area contributed by atoms with Crippen molar-refractivity contribution >= 4 is 43.2 Å². The fourth-order valence-electron chi connectivity index (χ4n) is 5.41. The lowest BCUT2D eigenvalue weighted by Crippen LogP contribution is -2.11. The van der Waals surface area contributed by atoms with Crippen LogP contribution in [0, 0.1) is 5.82 Å². The minimum atomic E-state index is -3.18. The molecule has 224 valence electrons. The highest BCUT2D eigenvalue weighted by molar-refractivity contribution is 7.90. The van der Waals surface area contributed by atoms with Crippen molar-refractivity contribution < 1.29 is 17.6 Å². The van der Waals surface area contributed by atoms with Gasteiger partial charge in [-0.05, 0) is 77.6 Å². The minimum absolute atomic E-state index is 0.0278. The molecule has 3 heterocycles. The third kappa shape index (κ3) is 6.40. The molecule has 0 spiro atoms. The van der Waals surface area contributed by atoms with Crippen molar-refractivity contribution in [2.24, 2.45) is 0 Å². The van der Waals surface area contributed by atoms with E-state index >= 15 is 0 Å². The van der Waals surface area contributed by atoms with Crippen LogP contribution >= 0.6 is 0 Å².